The molecule has 1 saturated heterocycles. The molecule has 0 spiro atoms. The largest absolute Gasteiger partial charge is 0.464 e. The number of para-hydroxylation sites is 2. The maximum absolute atomic E-state index is 14.1. The summed E-state index contributed by atoms with van der Waals surface area (Å²) >= 11 is 13.6. The molecule has 3 atom stereocenters. The van der Waals surface area contributed by atoms with E-state index in [1.807, 2.05) is 0 Å². The highest BCUT2D eigenvalue weighted by Crippen LogP contribution is 2.39. The SMILES string of the molecule is O=C(C1=CCC(Cl)(Oc2cccc3cc(F)oc23)C=C1)c1c[nH]c2nc(-c3ccc(Oc4cccc5cc(F)oc45)cc3Cl)nc(N[C@@H]3CC[C@@H](CO)OC3)c12. The number of alkyl halides is 1. The molecule has 1 aliphatic heterocycles. The molecule has 0 bridgehead atoms. The number of hydrogen-bond acceptors (Lipinski definition) is 10. The summed E-state index contributed by atoms with van der Waals surface area (Å²) in [4.78, 5) is 26.9. The van der Waals surface area contributed by atoms with Gasteiger partial charge in [-0.25, -0.2) is 9.97 Å². The Morgan fingerprint density at radius 2 is 1.75 bits per heavy atom. The summed E-state index contributed by atoms with van der Waals surface area (Å²) in [7, 11) is 0. The molecule has 0 saturated carbocycles. The van der Waals surface area contributed by atoms with Crippen LogP contribution in [-0.4, -0.2) is 56.3 Å². The predicted octanol–water partition coefficient (Wildman–Crippen LogP) is 9.88. The zero-order chi connectivity index (χ0) is 38.6. The molecule has 4 aromatic heterocycles. The number of aromatic amines is 1. The van der Waals surface area contributed by atoms with Gasteiger partial charge in [0.15, 0.2) is 34.3 Å². The molecule has 3 aromatic carbocycles. The van der Waals surface area contributed by atoms with Crippen molar-refractivity contribution in [3.8, 4) is 28.6 Å². The first kappa shape index (κ1) is 35.9. The number of aliphatic hydroxyl groups is 1. The molecule has 15 heteroatoms. The fourth-order valence-corrected chi connectivity index (χ4v) is 7.39. The molecule has 5 heterocycles. The lowest BCUT2D eigenvalue weighted by Gasteiger charge is -2.29. The number of ether oxygens (including phenoxy) is 3. The van der Waals surface area contributed by atoms with Crippen LogP contribution in [0.5, 0.6) is 17.2 Å². The highest BCUT2D eigenvalue weighted by atomic mass is 35.5. The molecular weight excluding hydrogens is 769 g/mol. The number of rotatable bonds is 10. The Bertz CT molecular complexity index is 2720. The minimum atomic E-state index is -1.36. The molecule has 56 heavy (non-hydrogen) atoms. The number of aliphatic hydroxyl groups excluding tert-OH is 1. The van der Waals surface area contributed by atoms with E-state index in [0.29, 0.717) is 75.3 Å². The van der Waals surface area contributed by atoms with Crippen molar-refractivity contribution in [1.29, 1.82) is 0 Å². The first-order valence-electron chi connectivity index (χ1n) is 17.7. The third-order valence-electron chi connectivity index (χ3n) is 9.71. The second-order valence-electron chi connectivity index (χ2n) is 13.5. The highest BCUT2D eigenvalue weighted by Gasteiger charge is 2.32. The van der Waals surface area contributed by atoms with Gasteiger partial charge in [0.05, 0.1) is 41.3 Å². The second kappa shape index (κ2) is 14.4. The minimum Gasteiger partial charge on any atom is -0.464 e. The average Bonchev–Trinajstić information content (AvgIpc) is 3.91. The molecule has 2 aliphatic rings. The van der Waals surface area contributed by atoms with Gasteiger partial charge in [0, 0.05) is 52.7 Å². The number of hydrogen-bond donors (Lipinski definition) is 3. The third-order valence-corrected chi connectivity index (χ3v) is 10.4. The average molecular weight is 800 g/mol. The third kappa shape index (κ3) is 6.87. The Kier molecular flexibility index (Phi) is 9.25. The van der Waals surface area contributed by atoms with Gasteiger partial charge < -0.3 is 38.5 Å². The fourth-order valence-electron chi connectivity index (χ4n) is 6.91. The lowest BCUT2D eigenvalue weighted by atomic mass is 9.96. The second-order valence-corrected chi connectivity index (χ2v) is 14.5. The maximum Gasteiger partial charge on any atom is 0.279 e. The summed E-state index contributed by atoms with van der Waals surface area (Å²) in [6, 6.07) is 16.0. The molecule has 11 nitrogen and oxygen atoms in total. The van der Waals surface area contributed by atoms with Crippen molar-refractivity contribution in [3.63, 3.8) is 0 Å². The summed E-state index contributed by atoms with van der Waals surface area (Å²) in [5.74, 6) is 1.29. The number of carbonyl (C=O) groups excluding carboxylic acids is 1. The molecule has 1 unspecified atom stereocenters. The Morgan fingerprint density at radius 1 is 1.00 bits per heavy atom. The molecular formula is C41H30Cl2F2N4O7. The van der Waals surface area contributed by atoms with Gasteiger partial charge in [-0.15, -0.1) is 0 Å². The van der Waals surface area contributed by atoms with Gasteiger partial charge in [0.25, 0.3) is 12.0 Å². The molecule has 284 valence electrons. The summed E-state index contributed by atoms with van der Waals surface area (Å²) < 4.78 is 55.9. The van der Waals surface area contributed by atoms with Crippen molar-refractivity contribution in [2.75, 3.05) is 18.5 Å². The van der Waals surface area contributed by atoms with E-state index >= 15 is 0 Å². The Labute approximate surface area is 326 Å². The fraction of sp³-hybridized carbons (Fsp3) is 0.195. The lowest BCUT2D eigenvalue weighted by molar-refractivity contribution is -0.0224. The zero-order valence-corrected chi connectivity index (χ0v) is 30.7. The van der Waals surface area contributed by atoms with Crippen LogP contribution in [0.2, 0.25) is 5.02 Å². The molecule has 3 N–H and O–H groups in total. The lowest BCUT2D eigenvalue weighted by Crippen LogP contribution is -2.36. The Hall–Kier alpha value is -5.73. The first-order chi connectivity index (χ1) is 27.1. The molecule has 1 aliphatic carbocycles. The van der Waals surface area contributed by atoms with Crippen LogP contribution < -0.4 is 14.8 Å². The van der Waals surface area contributed by atoms with Crippen LogP contribution >= 0.6 is 23.2 Å². The van der Waals surface area contributed by atoms with Gasteiger partial charge in [-0.2, -0.15) is 8.78 Å². The van der Waals surface area contributed by atoms with Crippen molar-refractivity contribution in [1.82, 2.24) is 15.0 Å². The molecule has 0 amide bonds. The highest BCUT2D eigenvalue weighted by molar-refractivity contribution is 6.33. The summed E-state index contributed by atoms with van der Waals surface area (Å²) in [6.45, 7) is 0.230. The quantitative estimate of drug-likeness (QED) is 0.0903. The van der Waals surface area contributed by atoms with E-state index in [0.717, 1.165) is 0 Å². The van der Waals surface area contributed by atoms with Gasteiger partial charge in [-0.05, 0) is 43.2 Å². The number of nitrogens with one attached hydrogen (secondary N) is 2. The topological polar surface area (TPSA) is 145 Å². The molecule has 0 radical (unpaired) electrons. The van der Waals surface area contributed by atoms with Crippen molar-refractivity contribution in [2.45, 2.75) is 36.5 Å². The van der Waals surface area contributed by atoms with Crippen LogP contribution in [0.4, 0.5) is 14.6 Å². The van der Waals surface area contributed by atoms with E-state index in [2.05, 4.69) is 10.3 Å². The van der Waals surface area contributed by atoms with Gasteiger partial charge in [0.2, 0.25) is 5.06 Å². The van der Waals surface area contributed by atoms with E-state index in [1.54, 1.807) is 79.0 Å². The van der Waals surface area contributed by atoms with Crippen LogP contribution in [-0.2, 0) is 4.74 Å². The van der Waals surface area contributed by atoms with E-state index in [4.69, 9.17) is 56.2 Å². The van der Waals surface area contributed by atoms with Crippen LogP contribution in [0.3, 0.4) is 0 Å². The number of furan rings is 2. The smallest absolute Gasteiger partial charge is 0.279 e. The Balaban J connectivity index is 1.01. The number of allylic oxidation sites excluding steroid dienone is 2. The van der Waals surface area contributed by atoms with Gasteiger partial charge in [-0.1, -0.05) is 59.6 Å². The van der Waals surface area contributed by atoms with Crippen molar-refractivity contribution >= 4 is 67.8 Å². The molecule has 1 fully saturated rings. The van der Waals surface area contributed by atoms with Gasteiger partial charge >= 0.3 is 0 Å². The van der Waals surface area contributed by atoms with Gasteiger partial charge in [0.1, 0.15) is 17.2 Å². The van der Waals surface area contributed by atoms with Crippen LogP contribution in [0, 0.1) is 12.0 Å². The van der Waals surface area contributed by atoms with Crippen LogP contribution in [0.15, 0.2) is 106 Å². The summed E-state index contributed by atoms with van der Waals surface area (Å²) in [6.07, 6.45) is 7.58. The minimum absolute atomic E-state index is 0.0782. The number of benzene rings is 3. The van der Waals surface area contributed by atoms with Crippen molar-refractivity contribution in [3.05, 3.63) is 119 Å². The number of Topliss-reactive ketones (excluding diaryl/α,β-unsaturated/α-hetero) is 1. The number of carbonyl (C=O) groups is 1. The standard InChI is InChI=1S/C41H30Cl2F2N4O7/c42-29-17-25(53-30-5-1-3-22-15-32(44)54-36(22)30)9-10-27(29)38-48-39-34(40(49-38)47-24-7-8-26(19-50)52-20-24)28(18-46-39)35(51)21-11-13-41(43,14-12-21)56-31-6-2-4-23-16-33(45)55-37(23)31/h1-6,9-13,15-18,24,26,50H,7-8,14,19-20H2,(H2,46,47,48,49)/t24-,26+,41?/m1/s1. The van der Waals surface area contributed by atoms with Gasteiger partial charge in [-0.3, -0.25) is 4.79 Å². The zero-order valence-electron chi connectivity index (χ0n) is 29.2. The summed E-state index contributed by atoms with van der Waals surface area (Å²) in [5, 5.41) is 13.5. The maximum atomic E-state index is 14.1. The first-order valence-corrected chi connectivity index (χ1v) is 18.4. The van der Waals surface area contributed by atoms with Crippen LogP contribution in [0.25, 0.3) is 44.4 Å². The monoisotopic (exact) mass is 798 g/mol. The summed E-state index contributed by atoms with van der Waals surface area (Å²) in [5.41, 5.74) is 2.03. The normalized spacial score (nSPS) is 19.8. The number of nitrogens with zero attached hydrogens (tertiary/aromatic N) is 2. The Morgan fingerprint density at radius 3 is 2.43 bits per heavy atom. The predicted molar refractivity (Wildman–Crippen MR) is 206 cm³/mol. The van der Waals surface area contributed by atoms with Crippen molar-refractivity contribution in [2.24, 2.45) is 0 Å². The molecule has 9 rings (SSSR count). The number of fused-ring (bicyclic) bond motifs is 3. The van der Waals surface area contributed by atoms with E-state index < -0.39 is 17.1 Å². The van der Waals surface area contributed by atoms with E-state index in [9.17, 15) is 18.7 Å². The van der Waals surface area contributed by atoms with Crippen molar-refractivity contribution < 1.29 is 41.7 Å². The number of aromatic nitrogens is 3. The number of halogens is 4. The number of H-pyrrole nitrogens is 1. The molecule has 7 aromatic rings. The van der Waals surface area contributed by atoms with Crippen LogP contribution in [0.1, 0.15) is 29.6 Å². The number of anilines is 1. The number of ketones is 1. The van der Waals surface area contributed by atoms with E-state index in [1.165, 1.54) is 12.1 Å². The van der Waals surface area contributed by atoms with E-state index in [-0.39, 0.29) is 58.7 Å².